The van der Waals surface area contributed by atoms with Gasteiger partial charge < -0.3 is 15.0 Å². The van der Waals surface area contributed by atoms with Crippen molar-refractivity contribution in [3.8, 4) is 0 Å². The molecule has 1 N–H and O–H groups in total. The number of hydrogen-bond donors (Lipinski definition) is 1. The molecule has 1 fully saturated rings. The smallest absolute Gasteiger partial charge is 0.397 e. The second kappa shape index (κ2) is 8.28. The van der Waals surface area contributed by atoms with Crippen molar-refractivity contribution in [3.05, 3.63) is 28.7 Å². The van der Waals surface area contributed by atoms with Crippen molar-refractivity contribution in [3.63, 3.8) is 0 Å². The molecule has 1 aromatic rings. The van der Waals surface area contributed by atoms with Crippen LogP contribution in [0.25, 0.3) is 0 Å². The Hall–Kier alpha value is -1.89. The quantitative estimate of drug-likeness (QED) is 0.629. The average molecular weight is 397 g/mol. The van der Waals surface area contributed by atoms with Gasteiger partial charge in [0, 0.05) is 23.2 Å². The second-order valence-electron chi connectivity index (χ2n) is 6.04. The molecule has 0 aromatic heterocycles. The third-order valence-electron chi connectivity index (χ3n) is 3.88. The summed E-state index contributed by atoms with van der Waals surface area (Å²) in [7, 11) is 0. The van der Waals surface area contributed by atoms with Crippen LogP contribution in [0.5, 0.6) is 0 Å². The number of likely N-dealkylation sites (tertiary alicyclic amines) is 1. The van der Waals surface area contributed by atoms with Gasteiger partial charge in [0.25, 0.3) is 5.91 Å². The number of carbonyl (C=O) groups is 3. The minimum atomic E-state index is -1.05. The molecule has 1 aromatic carbocycles. The molecule has 0 radical (unpaired) electrons. The molecule has 6 nitrogen and oxygen atoms in total. The summed E-state index contributed by atoms with van der Waals surface area (Å²) in [5.74, 6) is -1.77. The van der Waals surface area contributed by atoms with Gasteiger partial charge in [-0.3, -0.25) is 9.59 Å². The maximum absolute atomic E-state index is 12.1. The van der Waals surface area contributed by atoms with E-state index in [9.17, 15) is 14.4 Å². The van der Waals surface area contributed by atoms with E-state index in [4.69, 9.17) is 4.74 Å². The fourth-order valence-corrected chi connectivity index (χ4v) is 2.81. The van der Waals surface area contributed by atoms with Gasteiger partial charge in [0.05, 0.1) is 0 Å². The topological polar surface area (TPSA) is 75.7 Å². The number of hydrogen-bond acceptors (Lipinski definition) is 4. The van der Waals surface area contributed by atoms with Gasteiger partial charge in [-0.2, -0.15) is 0 Å². The number of piperidine rings is 1. The molecular weight excluding hydrogens is 376 g/mol. The Balaban J connectivity index is 1.86. The summed E-state index contributed by atoms with van der Waals surface area (Å²) >= 11 is 3.31. The Kier molecular flexibility index (Phi) is 6.36. The van der Waals surface area contributed by atoms with Crippen LogP contribution in [0.2, 0.25) is 0 Å². The van der Waals surface area contributed by atoms with Crippen LogP contribution in [-0.2, 0) is 19.1 Å². The van der Waals surface area contributed by atoms with Crippen LogP contribution < -0.4 is 5.32 Å². The predicted molar refractivity (Wildman–Crippen MR) is 93.3 cm³/mol. The SMILES string of the molecule is C[C@H]1CCCN(C(=O)C(=O)O[C@H](C)C(=O)Nc2ccc(Br)cc2)C1. The van der Waals surface area contributed by atoms with E-state index in [1.807, 2.05) is 6.92 Å². The second-order valence-corrected chi connectivity index (χ2v) is 6.96. The summed E-state index contributed by atoms with van der Waals surface area (Å²) in [5, 5.41) is 2.64. The zero-order valence-electron chi connectivity index (χ0n) is 13.8. The highest BCUT2D eigenvalue weighted by molar-refractivity contribution is 9.10. The Labute approximate surface area is 149 Å². The third kappa shape index (κ3) is 5.06. The fraction of sp³-hybridized carbons (Fsp3) is 0.471. The molecular formula is C17H21BrN2O4. The maximum atomic E-state index is 12.1. The molecule has 2 amide bonds. The van der Waals surface area contributed by atoms with Crippen molar-refractivity contribution in [1.82, 2.24) is 4.90 Å². The van der Waals surface area contributed by atoms with Gasteiger partial charge in [0.15, 0.2) is 6.10 Å². The lowest BCUT2D eigenvalue weighted by Gasteiger charge is -2.30. The zero-order chi connectivity index (χ0) is 17.7. The predicted octanol–water partition coefficient (Wildman–Crippen LogP) is 2.58. The molecule has 1 heterocycles. The molecule has 0 aliphatic carbocycles. The first-order valence-electron chi connectivity index (χ1n) is 7.93. The molecule has 2 rings (SSSR count). The molecule has 2 atom stereocenters. The molecule has 1 aliphatic heterocycles. The molecule has 1 aliphatic rings. The fourth-order valence-electron chi connectivity index (χ4n) is 2.54. The van der Waals surface area contributed by atoms with E-state index >= 15 is 0 Å². The standard InChI is InChI=1S/C17H21BrN2O4/c1-11-4-3-9-20(10-11)16(22)17(23)24-12(2)15(21)19-14-7-5-13(18)6-8-14/h5-8,11-12H,3-4,9-10H2,1-2H3,(H,19,21)/t11-,12+/m0/s1. The van der Waals surface area contributed by atoms with Crippen molar-refractivity contribution in [1.29, 1.82) is 0 Å². The summed E-state index contributed by atoms with van der Waals surface area (Å²) in [6, 6.07) is 7.01. The number of benzene rings is 1. The lowest BCUT2D eigenvalue weighted by Crippen LogP contribution is -2.45. The highest BCUT2D eigenvalue weighted by Crippen LogP contribution is 2.16. The molecule has 0 spiro atoms. The highest BCUT2D eigenvalue weighted by Gasteiger charge is 2.29. The monoisotopic (exact) mass is 396 g/mol. The molecule has 0 saturated carbocycles. The zero-order valence-corrected chi connectivity index (χ0v) is 15.3. The van der Waals surface area contributed by atoms with Gasteiger partial charge in [0.2, 0.25) is 0 Å². The van der Waals surface area contributed by atoms with Crippen molar-refractivity contribution in [2.45, 2.75) is 32.8 Å². The first-order chi connectivity index (χ1) is 11.4. The maximum Gasteiger partial charge on any atom is 0.397 e. The van der Waals surface area contributed by atoms with Gasteiger partial charge in [-0.15, -0.1) is 0 Å². The number of nitrogens with zero attached hydrogens (tertiary/aromatic N) is 1. The van der Waals surface area contributed by atoms with Crippen LogP contribution in [0.1, 0.15) is 26.7 Å². The van der Waals surface area contributed by atoms with E-state index in [-0.39, 0.29) is 0 Å². The lowest BCUT2D eigenvalue weighted by molar-refractivity contribution is -0.165. The summed E-state index contributed by atoms with van der Waals surface area (Å²) < 4.78 is 5.90. The van der Waals surface area contributed by atoms with Crippen LogP contribution in [-0.4, -0.2) is 41.9 Å². The van der Waals surface area contributed by atoms with Crippen LogP contribution in [0, 0.1) is 5.92 Å². The van der Waals surface area contributed by atoms with E-state index in [0.717, 1.165) is 17.3 Å². The Morgan fingerprint density at radius 1 is 1.29 bits per heavy atom. The van der Waals surface area contributed by atoms with Gasteiger partial charge in [-0.1, -0.05) is 22.9 Å². The van der Waals surface area contributed by atoms with Crippen molar-refractivity contribution in [2.24, 2.45) is 5.92 Å². The number of ether oxygens (including phenoxy) is 1. The number of carbonyl (C=O) groups excluding carboxylic acids is 3. The van der Waals surface area contributed by atoms with Crippen LogP contribution >= 0.6 is 15.9 Å². The van der Waals surface area contributed by atoms with Crippen molar-refractivity contribution in [2.75, 3.05) is 18.4 Å². The van der Waals surface area contributed by atoms with Gasteiger partial charge in [0.1, 0.15) is 0 Å². The van der Waals surface area contributed by atoms with Crippen LogP contribution in [0.15, 0.2) is 28.7 Å². The van der Waals surface area contributed by atoms with E-state index < -0.39 is 23.9 Å². The first-order valence-corrected chi connectivity index (χ1v) is 8.72. The highest BCUT2D eigenvalue weighted by atomic mass is 79.9. The average Bonchev–Trinajstić information content (AvgIpc) is 2.56. The minimum absolute atomic E-state index is 0.369. The molecule has 24 heavy (non-hydrogen) atoms. The number of amides is 2. The largest absolute Gasteiger partial charge is 0.445 e. The number of anilines is 1. The van der Waals surface area contributed by atoms with E-state index in [1.165, 1.54) is 11.8 Å². The molecule has 130 valence electrons. The van der Waals surface area contributed by atoms with E-state index in [1.54, 1.807) is 24.3 Å². The summed E-state index contributed by atoms with van der Waals surface area (Å²) in [4.78, 5) is 37.6. The van der Waals surface area contributed by atoms with Gasteiger partial charge in [-0.05, 0) is 49.9 Å². The van der Waals surface area contributed by atoms with Crippen molar-refractivity contribution < 1.29 is 19.1 Å². The number of esters is 1. The van der Waals surface area contributed by atoms with Crippen LogP contribution in [0.4, 0.5) is 5.69 Å². The van der Waals surface area contributed by atoms with Crippen LogP contribution in [0.3, 0.4) is 0 Å². The van der Waals surface area contributed by atoms with Gasteiger partial charge >= 0.3 is 11.9 Å². The molecule has 7 heteroatoms. The third-order valence-corrected chi connectivity index (χ3v) is 4.41. The first kappa shape index (κ1) is 18.4. The normalized spacial score (nSPS) is 18.6. The summed E-state index contributed by atoms with van der Waals surface area (Å²) in [6.45, 7) is 4.59. The Morgan fingerprint density at radius 3 is 2.58 bits per heavy atom. The minimum Gasteiger partial charge on any atom is -0.445 e. The van der Waals surface area contributed by atoms with Crippen molar-refractivity contribution >= 4 is 39.4 Å². The molecule has 0 bridgehead atoms. The molecule has 0 unspecified atom stereocenters. The van der Waals surface area contributed by atoms with E-state index in [2.05, 4.69) is 21.2 Å². The van der Waals surface area contributed by atoms with Gasteiger partial charge in [-0.25, -0.2) is 4.79 Å². The van der Waals surface area contributed by atoms with E-state index in [0.29, 0.717) is 24.7 Å². The lowest BCUT2D eigenvalue weighted by atomic mass is 10.0. The number of nitrogens with one attached hydrogen (secondary N) is 1. The summed E-state index contributed by atoms with van der Waals surface area (Å²) in [6.07, 6.45) is 0.872. The Bertz CT molecular complexity index is 618. The molecule has 1 saturated heterocycles. The number of rotatable bonds is 3. The Morgan fingerprint density at radius 2 is 1.96 bits per heavy atom. The summed E-state index contributed by atoms with van der Waals surface area (Å²) in [5.41, 5.74) is 0.585. The number of halogens is 1.